The Morgan fingerprint density at radius 2 is 1.90 bits per heavy atom. The smallest absolute Gasteiger partial charge is 0.242 e. The summed E-state index contributed by atoms with van der Waals surface area (Å²) in [7, 11) is -0.994. The van der Waals surface area contributed by atoms with Gasteiger partial charge in [0.05, 0.1) is 6.54 Å². The summed E-state index contributed by atoms with van der Waals surface area (Å²) in [6, 6.07) is 9.72. The third-order valence-corrected chi connectivity index (χ3v) is 3.78. The van der Waals surface area contributed by atoms with Crippen molar-refractivity contribution < 1.29 is 13.8 Å². The summed E-state index contributed by atoms with van der Waals surface area (Å²) < 4.78 is 10.9. The number of nitrogens with one attached hydrogen (secondary N) is 1. The minimum absolute atomic E-state index is 0.0180. The van der Waals surface area contributed by atoms with E-state index in [0.29, 0.717) is 18.8 Å². The van der Waals surface area contributed by atoms with Gasteiger partial charge in [0.25, 0.3) is 0 Å². The Bertz CT molecular complexity index is 491. The molecule has 0 bridgehead atoms. The second kappa shape index (κ2) is 9.28. The fourth-order valence-corrected chi connectivity index (χ4v) is 2.26. The molecule has 0 unspecified atom stereocenters. The fourth-order valence-electron chi connectivity index (χ4n) is 1.79. The minimum atomic E-state index is -0.994. The van der Waals surface area contributed by atoms with Gasteiger partial charge in [0.15, 0.2) is 0 Å². The number of likely N-dealkylation sites (N-methyl/N-ethyl adjacent to an activating group) is 1. The molecule has 0 saturated heterocycles. The molecule has 0 radical (unpaired) electrons. The van der Waals surface area contributed by atoms with Crippen LogP contribution in [0.2, 0.25) is 0 Å². The van der Waals surface area contributed by atoms with Crippen LogP contribution in [0.3, 0.4) is 0 Å². The summed E-state index contributed by atoms with van der Waals surface area (Å²) >= 11 is 0. The maximum atomic E-state index is 12.1. The Labute approximate surface area is 128 Å². The van der Waals surface area contributed by atoms with Crippen LogP contribution in [0.5, 0.6) is 0 Å². The molecule has 0 saturated carbocycles. The van der Waals surface area contributed by atoms with Crippen molar-refractivity contribution in [1.82, 2.24) is 10.2 Å². The first kappa shape index (κ1) is 17.4. The zero-order valence-corrected chi connectivity index (χ0v) is 13.3. The standard InChI is InChI=1S/C15H22N2O3S/c1-3-17(12-13-7-5-4-6-8-13)15(19)11-16-14(18)9-10-21(2)20/h4-8H,3,9-12H2,1-2H3,(H,16,18)/t21-/m1/s1. The van der Waals surface area contributed by atoms with Gasteiger partial charge in [-0.25, -0.2) is 0 Å². The number of carbonyl (C=O) groups excluding carboxylic acids is 2. The number of rotatable bonds is 8. The molecule has 116 valence electrons. The lowest BCUT2D eigenvalue weighted by Crippen LogP contribution is -2.40. The lowest BCUT2D eigenvalue weighted by molar-refractivity contribution is -0.133. The molecule has 0 spiro atoms. The van der Waals surface area contributed by atoms with Gasteiger partial charge in [-0.05, 0) is 12.5 Å². The lowest BCUT2D eigenvalue weighted by Gasteiger charge is -2.21. The lowest BCUT2D eigenvalue weighted by atomic mass is 10.2. The Morgan fingerprint density at radius 1 is 1.24 bits per heavy atom. The summed E-state index contributed by atoms with van der Waals surface area (Å²) in [5, 5.41) is 2.57. The summed E-state index contributed by atoms with van der Waals surface area (Å²) in [5.41, 5.74) is 1.06. The highest BCUT2D eigenvalue weighted by atomic mass is 32.2. The molecule has 0 aliphatic carbocycles. The van der Waals surface area contributed by atoms with Crippen LogP contribution in [0, 0.1) is 0 Å². The molecule has 0 aliphatic heterocycles. The Morgan fingerprint density at radius 3 is 2.48 bits per heavy atom. The molecular formula is C15H22N2O3S. The quantitative estimate of drug-likeness (QED) is 0.776. The van der Waals surface area contributed by atoms with E-state index in [1.807, 2.05) is 37.3 Å². The van der Waals surface area contributed by atoms with Crippen molar-refractivity contribution in [3.63, 3.8) is 0 Å². The van der Waals surface area contributed by atoms with Crippen LogP contribution < -0.4 is 5.32 Å². The van der Waals surface area contributed by atoms with Gasteiger partial charge in [0.1, 0.15) is 0 Å². The molecule has 2 amide bonds. The van der Waals surface area contributed by atoms with Crippen molar-refractivity contribution in [2.24, 2.45) is 0 Å². The molecular weight excluding hydrogens is 288 g/mol. The number of hydrogen-bond acceptors (Lipinski definition) is 3. The summed E-state index contributed by atoms with van der Waals surface area (Å²) in [5.74, 6) is -0.0386. The molecule has 21 heavy (non-hydrogen) atoms. The molecule has 1 aromatic rings. The van der Waals surface area contributed by atoms with Crippen LogP contribution in [0.15, 0.2) is 30.3 Å². The Balaban J connectivity index is 2.41. The highest BCUT2D eigenvalue weighted by Gasteiger charge is 2.13. The van der Waals surface area contributed by atoms with Crippen LogP contribution in [0.4, 0.5) is 0 Å². The molecule has 0 heterocycles. The molecule has 0 aromatic heterocycles. The molecule has 1 atom stereocenters. The zero-order valence-electron chi connectivity index (χ0n) is 12.5. The van der Waals surface area contributed by atoms with Gasteiger partial charge in [-0.2, -0.15) is 0 Å². The van der Waals surface area contributed by atoms with Gasteiger partial charge >= 0.3 is 0 Å². The largest absolute Gasteiger partial charge is 0.347 e. The van der Waals surface area contributed by atoms with E-state index in [1.54, 1.807) is 11.2 Å². The van der Waals surface area contributed by atoms with E-state index in [0.717, 1.165) is 5.56 Å². The van der Waals surface area contributed by atoms with Gasteiger partial charge in [0, 0.05) is 42.3 Å². The summed E-state index contributed by atoms with van der Waals surface area (Å²) in [4.78, 5) is 25.3. The van der Waals surface area contributed by atoms with Crippen LogP contribution in [0.1, 0.15) is 18.9 Å². The van der Waals surface area contributed by atoms with Crippen LogP contribution >= 0.6 is 0 Å². The highest BCUT2D eigenvalue weighted by Crippen LogP contribution is 2.04. The van der Waals surface area contributed by atoms with Crippen molar-refractivity contribution in [3.05, 3.63) is 35.9 Å². The van der Waals surface area contributed by atoms with Gasteiger partial charge in [0.2, 0.25) is 11.8 Å². The monoisotopic (exact) mass is 310 g/mol. The van der Waals surface area contributed by atoms with Crippen molar-refractivity contribution >= 4 is 22.6 Å². The number of benzene rings is 1. The first-order valence-corrected chi connectivity index (χ1v) is 8.64. The number of hydrogen-bond donors (Lipinski definition) is 1. The Hall–Kier alpha value is -1.69. The molecule has 0 aliphatic rings. The first-order valence-electron chi connectivity index (χ1n) is 6.91. The van der Waals surface area contributed by atoms with Gasteiger partial charge < -0.3 is 10.2 Å². The van der Waals surface area contributed by atoms with Crippen molar-refractivity contribution in [3.8, 4) is 0 Å². The predicted octanol–water partition coefficient (Wildman–Crippen LogP) is 0.920. The van der Waals surface area contributed by atoms with E-state index in [9.17, 15) is 13.8 Å². The number of carbonyl (C=O) groups is 2. The van der Waals surface area contributed by atoms with Crippen LogP contribution in [-0.4, -0.2) is 46.0 Å². The molecule has 6 heteroatoms. The SMILES string of the molecule is CCN(Cc1ccccc1)C(=O)CNC(=O)CC[S@@](C)=O. The first-order chi connectivity index (χ1) is 10.0. The maximum absolute atomic E-state index is 12.1. The number of nitrogens with zero attached hydrogens (tertiary/aromatic N) is 1. The van der Waals surface area contributed by atoms with Crippen molar-refractivity contribution in [2.75, 3.05) is 25.1 Å². The molecule has 1 aromatic carbocycles. The van der Waals surface area contributed by atoms with Gasteiger partial charge in [-0.3, -0.25) is 13.8 Å². The summed E-state index contributed by atoms with van der Waals surface area (Å²) in [6.45, 7) is 3.01. The van der Waals surface area contributed by atoms with Gasteiger partial charge in [-0.1, -0.05) is 30.3 Å². The molecule has 0 fully saturated rings. The maximum Gasteiger partial charge on any atom is 0.242 e. The van der Waals surface area contributed by atoms with Crippen LogP contribution in [0.25, 0.3) is 0 Å². The van der Waals surface area contributed by atoms with Gasteiger partial charge in [-0.15, -0.1) is 0 Å². The summed E-state index contributed by atoms with van der Waals surface area (Å²) in [6.07, 6.45) is 1.73. The predicted molar refractivity (Wildman–Crippen MR) is 84.1 cm³/mol. The topological polar surface area (TPSA) is 66.5 Å². The average Bonchev–Trinajstić information content (AvgIpc) is 2.49. The van der Waals surface area contributed by atoms with Crippen molar-refractivity contribution in [1.29, 1.82) is 0 Å². The van der Waals surface area contributed by atoms with E-state index >= 15 is 0 Å². The van der Waals surface area contributed by atoms with E-state index in [1.165, 1.54) is 0 Å². The fraction of sp³-hybridized carbons (Fsp3) is 0.467. The highest BCUT2D eigenvalue weighted by molar-refractivity contribution is 7.84. The number of amides is 2. The van der Waals surface area contributed by atoms with Crippen molar-refractivity contribution in [2.45, 2.75) is 19.9 Å². The molecule has 1 rings (SSSR count). The third-order valence-electron chi connectivity index (χ3n) is 3.00. The van der Waals surface area contributed by atoms with E-state index in [4.69, 9.17) is 0 Å². The van der Waals surface area contributed by atoms with Crippen LogP contribution in [-0.2, 0) is 26.9 Å². The zero-order chi connectivity index (χ0) is 15.7. The van der Waals surface area contributed by atoms with E-state index < -0.39 is 10.8 Å². The average molecular weight is 310 g/mol. The minimum Gasteiger partial charge on any atom is -0.347 e. The third kappa shape index (κ3) is 7.04. The van der Waals surface area contributed by atoms with E-state index in [2.05, 4.69) is 5.32 Å². The molecule has 5 nitrogen and oxygen atoms in total. The molecule has 1 N–H and O–H groups in total. The second-order valence-corrected chi connectivity index (χ2v) is 6.25. The Kier molecular flexibility index (Phi) is 7.68. The van der Waals surface area contributed by atoms with E-state index in [-0.39, 0.29) is 24.8 Å². The second-order valence-electron chi connectivity index (χ2n) is 4.70. The normalized spacial score (nSPS) is 11.7.